The molecule has 0 bridgehead atoms. The van der Waals surface area contributed by atoms with Gasteiger partial charge in [-0.2, -0.15) is 10.4 Å². The fourth-order valence-electron chi connectivity index (χ4n) is 4.60. The first-order valence-corrected chi connectivity index (χ1v) is 16.3. The van der Waals surface area contributed by atoms with Crippen molar-refractivity contribution < 1.29 is 14.6 Å². The summed E-state index contributed by atoms with van der Waals surface area (Å²) in [5.74, 6) is -0.386. The summed E-state index contributed by atoms with van der Waals surface area (Å²) in [4.78, 5) is 22.6. The van der Waals surface area contributed by atoms with Crippen LogP contribution in [0.1, 0.15) is 16.8 Å². The first kappa shape index (κ1) is 25.6. The third-order valence-corrected chi connectivity index (χ3v) is 8.62. The van der Waals surface area contributed by atoms with Gasteiger partial charge in [0.2, 0.25) is 0 Å². The number of hydrogen-bond acceptors (Lipinski definition) is 7. The van der Waals surface area contributed by atoms with Crippen LogP contribution in [0.25, 0.3) is 22.4 Å². The third-order valence-electron chi connectivity index (χ3n) is 6.91. The fourth-order valence-corrected chi connectivity index (χ4v) is 5.36. The van der Waals surface area contributed by atoms with Crippen LogP contribution < -0.4 is 4.90 Å². The average Bonchev–Trinajstić information content (AvgIpc) is 3.51. The molecular formula is C27H31N7O3Si. The van der Waals surface area contributed by atoms with Crippen molar-refractivity contribution in [3.63, 3.8) is 0 Å². The van der Waals surface area contributed by atoms with Gasteiger partial charge in [-0.25, -0.2) is 14.8 Å². The van der Waals surface area contributed by atoms with Crippen molar-refractivity contribution in [3.8, 4) is 17.5 Å². The Morgan fingerprint density at radius 3 is 2.63 bits per heavy atom. The monoisotopic (exact) mass is 529 g/mol. The number of aromatic nitrogens is 5. The van der Waals surface area contributed by atoms with Gasteiger partial charge in [0.1, 0.15) is 17.9 Å². The van der Waals surface area contributed by atoms with Crippen LogP contribution in [0.15, 0.2) is 55.1 Å². The number of hydrogen-bond donors (Lipinski definition) is 1. The zero-order valence-electron chi connectivity index (χ0n) is 21.8. The maximum absolute atomic E-state index is 11.1. The lowest BCUT2D eigenvalue weighted by molar-refractivity contribution is 0.0697. The number of carbonyl (C=O) groups is 1. The summed E-state index contributed by atoms with van der Waals surface area (Å²) >= 11 is 0. The first-order chi connectivity index (χ1) is 18.2. The molecule has 0 aliphatic carbocycles. The van der Waals surface area contributed by atoms with E-state index in [0.29, 0.717) is 32.1 Å². The van der Waals surface area contributed by atoms with Gasteiger partial charge in [-0.15, -0.1) is 0 Å². The first-order valence-electron chi connectivity index (χ1n) is 12.6. The molecule has 0 spiro atoms. The predicted molar refractivity (Wildman–Crippen MR) is 147 cm³/mol. The van der Waals surface area contributed by atoms with E-state index in [9.17, 15) is 10.1 Å². The summed E-state index contributed by atoms with van der Waals surface area (Å²) in [6.07, 6.45) is 7.72. The van der Waals surface area contributed by atoms with E-state index >= 15 is 0 Å². The molecule has 1 aliphatic heterocycles. The minimum atomic E-state index is -1.15. The van der Waals surface area contributed by atoms with Crippen LogP contribution in [-0.2, 0) is 17.0 Å². The number of anilines is 1. The fraction of sp³-hybridized carbons (Fsp3) is 0.370. The Labute approximate surface area is 222 Å². The zero-order chi connectivity index (χ0) is 26.9. The van der Waals surface area contributed by atoms with Gasteiger partial charge in [0.15, 0.2) is 5.82 Å². The van der Waals surface area contributed by atoms with Crippen molar-refractivity contribution in [1.82, 2.24) is 24.3 Å². The number of benzene rings is 1. The van der Waals surface area contributed by atoms with Gasteiger partial charge in [-0.1, -0.05) is 19.6 Å². The topological polar surface area (TPSA) is 122 Å². The van der Waals surface area contributed by atoms with E-state index in [1.54, 1.807) is 30.5 Å². The van der Waals surface area contributed by atoms with Crippen LogP contribution in [-0.4, -0.2) is 63.2 Å². The minimum absolute atomic E-state index is 0.246. The standard InChI is InChI=1S/C27H31N7O3Si/c1-38(2,3)13-12-37-19-32-11-8-21-14-29-24(31-25(21)32)22-15-30-34(16-22)27(9-10-28)17-33(18-27)23-6-4-20(5-7-23)26(35)36/h4-8,11,14-16H,9,12-13,17-19H2,1-3H3,(H,35,36). The molecule has 3 aromatic heterocycles. The SMILES string of the molecule is C[Si](C)(C)CCOCn1ccc2cnc(-c3cnn(C4(CC#N)CN(c5ccc(C(=O)O)cc5)C4)c3)nc21. The number of carboxylic acid groups (broad SMARTS) is 1. The molecule has 0 atom stereocenters. The van der Waals surface area contributed by atoms with Crippen LogP contribution in [0.3, 0.4) is 0 Å². The molecule has 38 heavy (non-hydrogen) atoms. The van der Waals surface area contributed by atoms with E-state index in [0.717, 1.165) is 34.9 Å². The summed E-state index contributed by atoms with van der Waals surface area (Å²) in [6.45, 7) is 9.36. The van der Waals surface area contributed by atoms with Gasteiger partial charge in [0, 0.05) is 57.4 Å². The summed E-state index contributed by atoms with van der Waals surface area (Å²) in [6, 6.07) is 12.2. The Balaban J connectivity index is 1.32. The molecule has 0 amide bonds. The minimum Gasteiger partial charge on any atom is -0.478 e. The maximum Gasteiger partial charge on any atom is 0.335 e. The Kier molecular flexibility index (Phi) is 6.77. The van der Waals surface area contributed by atoms with Crippen LogP contribution in [0.5, 0.6) is 0 Å². The van der Waals surface area contributed by atoms with Gasteiger partial charge in [0.05, 0.1) is 29.8 Å². The zero-order valence-corrected chi connectivity index (χ0v) is 22.8. The van der Waals surface area contributed by atoms with Crippen LogP contribution in [0.2, 0.25) is 25.7 Å². The van der Waals surface area contributed by atoms with Crippen molar-refractivity contribution in [1.29, 1.82) is 5.26 Å². The summed E-state index contributed by atoms with van der Waals surface area (Å²) in [5, 5.41) is 24.2. The normalized spacial score (nSPS) is 14.8. The molecule has 4 heterocycles. The van der Waals surface area contributed by atoms with Gasteiger partial charge < -0.3 is 19.3 Å². The highest BCUT2D eigenvalue weighted by molar-refractivity contribution is 6.76. The Morgan fingerprint density at radius 2 is 1.95 bits per heavy atom. The lowest BCUT2D eigenvalue weighted by atomic mass is 9.86. The molecule has 0 unspecified atom stereocenters. The molecule has 1 aromatic carbocycles. The number of ether oxygens (including phenoxy) is 1. The molecule has 5 rings (SSSR count). The van der Waals surface area contributed by atoms with Crippen LogP contribution in [0.4, 0.5) is 5.69 Å². The van der Waals surface area contributed by atoms with Gasteiger partial charge in [-0.3, -0.25) is 4.68 Å². The largest absolute Gasteiger partial charge is 0.478 e. The van der Waals surface area contributed by atoms with E-state index in [1.807, 2.05) is 33.9 Å². The molecule has 0 saturated carbocycles. The molecule has 4 aromatic rings. The second-order valence-electron chi connectivity index (χ2n) is 11.0. The van der Waals surface area contributed by atoms with Crippen LogP contribution in [0, 0.1) is 11.3 Å². The van der Waals surface area contributed by atoms with Gasteiger partial charge in [-0.05, 0) is 36.4 Å². The second-order valence-corrected chi connectivity index (χ2v) is 16.7. The summed E-state index contributed by atoms with van der Waals surface area (Å²) < 4.78 is 9.77. The molecule has 1 saturated heterocycles. The number of rotatable bonds is 10. The molecule has 1 fully saturated rings. The van der Waals surface area contributed by atoms with Crippen molar-refractivity contribution in [2.24, 2.45) is 0 Å². The highest BCUT2D eigenvalue weighted by Crippen LogP contribution is 2.36. The average molecular weight is 530 g/mol. The van der Waals surface area contributed by atoms with E-state index in [1.165, 1.54) is 0 Å². The molecular weight excluding hydrogens is 498 g/mol. The number of nitrogens with zero attached hydrogens (tertiary/aromatic N) is 7. The molecule has 196 valence electrons. The van der Waals surface area contributed by atoms with Gasteiger partial charge >= 0.3 is 5.97 Å². The second kappa shape index (κ2) is 10.0. The lowest BCUT2D eigenvalue weighted by Gasteiger charge is -2.50. The van der Waals surface area contributed by atoms with E-state index in [2.05, 4.69) is 40.7 Å². The summed E-state index contributed by atoms with van der Waals surface area (Å²) in [5.41, 5.74) is 2.27. The Bertz CT molecular complexity index is 1490. The third kappa shape index (κ3) is 5.18. The number of aromatic carboxylic acids is 1. The quantitative estimate of drug-likeness (QED) is 0.236. The Morgan fingerprint density at radius 1 is 1.18 bits per heavy atom. The number of fused-ring (bicyclic) bond motifs is 1. The summed E-state index contributed by atoms with van der Waals surface area (Å²) in [7, 11) is -1.15. The van der Waals surface area contributed by atoms with E-state index in [4.69, 9.17) is 14.8 Å². The van der Waals surface area contributed by atoms with Crippen molar-refractivity contribution in [3.05, 3.63) is 60.7 Å². The van der Waals surface area contributed by atoms with E-state index < -0.39 is 19.6 Å². The number of nitriles is 1. The highest BCUT2D eigenvalue weighted by Gasteiger charge is 2.45. The lowest BCUT2D eigenvalue weighted by Crippen LogP contribution is -2.63. The molecule has 1 aliphatic rings. The van der Waals surface area contributed by atoms with Gasteiger partial charge in [0.25, 0.3) is 0 Å². The van der Waals surface area contributed by atoms with Crippen molar-refractivity contribution in [2.75, 3.05) is 24.6 Å². The maximum atomic E-state index is 11.1. The van der Waals surface area contributed by atoms with E-state index in [-0.39, 0.29) is 5.56 Å². The highest BCUT2D eigenvalue weighted by atomic mass is 28.3. The molecule has 1 N–H and O–H groups in total. The van der Waals surface area contributed by atoms with Crippen molar-refractivity contribution >= 4 is 30.8 Å². The van der Waals surface area contributed by atoms with Crippen LogP contribution >= 0.6 is 0 Å². The molecule has 11 heteroatoms. The smallest absolute Gasteiger partial charge is 0.335 e. The predicted octanol–water partition coefficient (Wildman–Crippen LogP) is 4.43. The Hall–Kier alpha value is -4.01. The number of carboxylic acids is 1. The molecule has 0 radical (unpaired) electrons. The van der Waals surface area contributed by atoms with Crippen molar-refractivity contribution in [2.45, 2.75) is 44.4 Å². The molecule has 10 nitrogen and oxygen atoms in total.